The summed E-state index contributed by atoms with van der Waals surface area (Å²) in [5, 5.41) is 20.9. The molecule has 3 saturated heterocycles. The summed E-state index contributed by atoms with van der Waals surface area (Å²) >= 11 is 1.41. The lowest BCUT2D eigenvalue weighted by Gasteiger charge is -2.47. The number of carbonyl (C=O) groups excluding carboxylic acids is 4. The van der Waals surface area contributed by atoms with Gasteiger partial charge in [-0.3, -0.25) is 14.4 Å². The molecule has 0 spiro atoms. The molecule has 2 N–H and O–H groups in total. The van der Waals surface area contributed by atoms with Crippen molar-refractivity contribution in [2.45, 2.75) is 129 Å². The molecule has 302 valence electrons. The number of Topliss-reactive ketones (excluding diaryl/α,β-unsaturated/α-hetero) is 2. The molecule has 0 unspecified atom stereocenters. The molecule has 3 fully saturated rings. The van der Waals surface area contributed by atoms with Crippen molar-refractivity contribution in [2.75, 3.05) is 20.7 Å². The third-order valence-corrected chi connectivity index (χ3v) is 12.1. The van der Waals surface area contributed by atoms with Crippen LogP contribution in [-0.2, 0) is 38.1 Å². The predicted molar refractivity (Wildman–Crippen MR) is 199 cm³/mol. The highest BCUT2D eigenvalue weighted by molar-refractivity contribution is 7.13. The number of hydrogen-bond acceptors (Lipinski definition) is 15. The van der Waals surface area contributed by atoms with Crippen LogP contribution >= 0.6 is 11.3 Å². The molecule has 55 heavy (non-hydrogen) atoms. The first kappa shape index (κ1) is 42.4. The number of ether oxygens (including phenoxy) is 5. The fraction of sp³-hybridized carbons (Fsp3) is 0.692. The van der Waals surface area contributed by atoms with E-state index < -0.39 is 83.4 Å². The Morgan fingerprint density at radius 2 is 1.82 bits per heavy atom. The third kappa shape index (κ3) is 8.97. The minimum absolute atomic E-state index is 0.0282. The molecule has 5 heterocycles. The number of aliphatic hydroxyl groups is 1. The van der Waals surface area contributed by atoms with E-state index in [1.807, 2.05) is 31.3 Å². The fourth-order valence-corrected chi connectivity index (χ4v) is 8.82. The number of nitrogens with zero attached hydrogens (tertiary/aromatic N) is 3. The zero-order valence-electron chi connectivity index (χ0n) is 33.2. The first-order valence-corrected chi connectivity index (χ1v) is 19.7. The quantitative estimate of drug-likeness (QED) is 0.233. The van der Waals surface area contributed by atoms with Crippen LogP contribution in [-0.4, -0.2) is 118 Å². The maximum atomic E-state index is 14.4. The predicted octanol–water partition coefficient (Wildman–Crippen LogP) is 4.01. The van der Waals surface area contributed by atoms with E-state index in [9.17, 15) is 24.3 Å². The second-order valence-corrected chi connectivity index (χ2v) is 16.6. The summed E-state index contributed by atoms with van der Waals surface area (Å²) in [6.45, 7) is 13.4. The minimum Gasteiger partial charge on any atom is -0.458 e. The minimum atomic E-state index is -1.44. The molecule has 2 aromatic rings. The lowest BCUT2D eigenvalue weighted by Crippen LogP contribution is -2.60. The molecule has 0 aliphatic carbocycles. The second-order valence-electron chi connectivity index (χ2n) is 15.7. The summed E-state index contributed by atoms with van der Waals surface area (Å²) in [7, 11) is 3.70. The fourth-order valence-electron chi connectivity index (χ4n) is 8.24. The maximum Gasteiger partial charge on any atom is 0.408 e. The topological polar surface area (TPSA) is 189 Å². The molecule has 16 heteroatoms. The number of aromatic nitrogens is 2. The summed E-state index contributed by atoms with van der Waals surface area (Å²) in [5.74, 6) is 0.774. The molecule has 15 nitrogen and oxygen atoms in total. The number of alkyl carbamates (subject to hydrolysis) is 1. The average Bonchev–Trinajstić information content (AvgIpc) is 3.91. The molecule has 0 saturated carbocycles. The molecule has 5 rings (SSSR count). The van der Waals surface area contributed by atoms with Crippen molar-refractivity contribution in [1.82, 2.24) is 20.4 Å². The average molecular weight is 787 g/mol. The van der Waals surface area contributed by atoms with Gasteiger partial charge in [0.2, 0.25) is 5.76 Å². The van der Waals surface area contributed by atoms with Crippen molar-refractivity contribution in [1.29, 1.82) is 0 Å². The molecule has 0 radical (unpaired) electrons. The summed E-state index contributed by atoms with van der Waals surface area (Å²) in [6, 6.07) is 0.487. The number of thiazole rings is 1. The normalized spacial score (nSPS) is 37.6. The smallest absolute Gasteiger partial charge is 0.408 e. The van der Waals surface area contributed by atoms with Gasteiger partial charge in [0.25, 0.3) is 0 Å². The summed E-state index contributed by atoms with van der Waals surface area (Å²) < 4.78 is 36.5. The molecular weight excluding hydrogens is 733 g/mol. The zero-order valence-corrected chi connectivity index (χ0v) is 34.0. The van der Waals surface area contributed by atoms with Crippen LogP contribution in [0.15, 0.2) is 22.2 Å². The second kappa shape index (κ2) is 17.2. The van der Waals surface area contributed by atoms with E-state index in [-0.39, 0.29) is 43.1 Å². The molecule has 2 aromatic heterocycles. The number of carbonyl (C=O) groups is 4. The van der Waals surface area contributed by atoms with Crippen LogP contribution in [0, 0.1) is 35.5 Å². The Kier molecular flexibility index (Phi) is 13.3. The molecule has 3 aliphatic heterocycles. The number of likely N-dealkylation sites (N-methyl/N-ethyl adjacent to an activating group) is 1. The Morgan fingerprint density at radius 3 is 2.47 bits per heavy atom. The van der Waals surface area contributed by atoms with Crippen LogP contribution in [0.2, 0.25) is 0 Å². The molecule has 0 bridgehead atoms. The van der Waals surface area contributed by atoms with E-state index in [1.165, 1.54) is 18.3 Å². The molecule has 13 atom stereocenters. The van der Waals surface area contributed by atoms with Gasteiger partial charge >= 0.3 is 12.1 Å². The van der Waals surface area contributed by atoms with Gasteiger partial charge in [0.15, 0.2) is 17.7 Å². The lowest BCUT2D eigenvalue weighted by atomic mass is 9.73. The summed E-state index contributed by atoms with van der Waals surface area (Å²) in [5.41, 5.74) is -2.30. The first-order valence-electron chi connectivity index (χ1n) is 18.8. The summed E-state index contributed by atoms with van der Waals surface area (Å²) in [4.78, 5) is 61.4. The number of cyclic esters (lactones) is 1. The van der Waals surface area contributed by atoms with Crippen LogP contribution < -0.4 is 5.32 Å². The number of fused-ring (bicyclic) bond motifs is 1. The summed E-state index contributed by atoms with van der Waals surface area (Å²) in [6.07, 6.45) is -2.99. The van der Waals surface area contributed by atoms with E-state index >= 15 is 0 Å². The van der Waals surface area contributed by atoms with Crippen molar-refractivity contribution in [3.63, 3.8) is 0 Å². The van der Waals surface area contributed by atoms with Crippen molar-refractivity contribution in [2.24, 2.45) is 23.7 Å². The van der Waals surface area contributed by atoms with Crippen molar-refractivity contribution in [3.8, 4) is 22.5 Å². The van der Waals surface area contributed by atoms with Gasteiger partial charge in [-0.05, 0) is 67.0 Å². The highest BCUT2D eigenvalue weighted by Crippen LogP contribution is 2.40. The monoisotopic (exact) mass is 786 g/mol. The largest absolute Gasteiger partial charge is 0.458 e. The Labute approximate surface area is 326 Å². The third-order valence-electron chi connectivity index (χ3n) is 11.3. The van der Waals surface area contributed by atoms with E-state index in [2.05, 4.69) is 27.3 Å². The van der Waals surface area contributed by atoms with Gasteiger partial charge in [-0.1, -0.05) is 38.8 Å². The van der Waals surface area contributed by atoms with Crippen LogP contribution in [0.5, 0.6) is 0 Å². The number of esters is 1. The van der Waals surface area contributed by atoms with Gasteiger partial charge in [-0.25, -0.2) is 9.78 Å². The van der Waals surface area contributed by atoms with Crippen LogP contribution in [0.1, 0.15) is 80.4 Å². The van der Waals surface area contributed by atoms with Crippen LogP contribution in [0.25, 0.3) is 10.7 Å². The van der Waals surface area contributed by atoms with Gasteiger partial charge in [-0.15, -0.1) is 11.3 Å². The number of aliphatic hydroxyl groups excluding tert-OH is 1. The highest BCUT2D eigenvalue weighted by Gasteiger charge is 2.57. The Morgan fingerprint density at radius 1 is 1.09 bits per heavy atom. The van der Waals surface area contributed by atoms with Gasteiger partial charge in [0, 0.05) is 41.4 Å². The Hall–Kier alpha value is -3.72. The first-order chi connectivity index (χ1) is 25.9. The zero-order chi connectivity index (χ0) is 40.4. The van der Waals surface area contributed by atoms with E-state index in [1.54, 1.807) is 53.8 Å². The van der Waals surface area contributed by atoms with Gasteiger partial charge in [0.05, 0.1) is 23.9 Å². The van der Waals surface area contributed by atoms with Crippen molar-refractivity contribution < 1.29 is 52.5 Å². The van der Waals surface area contributed by atoms with Crippen LogP contribution in [0.3, 0.4) is 0 Å². The van der Waals surface area contributed by atoms with Crippen molar-refractivity contribution in [3.05, 3.63) is 23.4 Å². The number of hydrogen-bond donors (Lipinski definition) is 2. The van der Waals surface area contributed by atoms with Crippen molar-refractivity contribution >= 4 is 35.0 Å². The maximum absolute atomic E-state index is 14.4. The van der Waals surface area contributed by atoms with Crippen LogP contribution in [0.4, 0.5) is 4.79 Å². The SMILES string of the molecule is CC[C@H]1OC(=O)[C@H](C)C(=O)[C@H](C)[C@@H](O[C@@H]2O[C@H](C)C[C@H](N(C)C)[C@H]2O)[C@@](C)(OCC#Cc2cc(-c3nccs3)no2)C[C@@H](C)C(=O)[C@H](C)[C@H]2NC(=O)O[C@@]21C. The number of nitrogens with one attached hydrogen (secondary N) is 1. The van der Waals surface area contributed by atoms with Gasteiger partial charge in [0.1, 0.15) is 41.2 Å². The molecular formula is C39H54N4O11S. The van der Waals surface area contributed by atoms with E-state index in [0.717, 1.165) is 0 Å². The number of amides is 1. The number of rotatable bonds is 7. The van der Waals surface area contributed by atoms with E-state index in [0.29, 0.717) is 17.1 Å². The highest BCUT2D eigenvalue weighted by atomic mass is 32.1. The molecule has 3 aliphatic rings. The van der Waals surface area contributed by atoms with E-state index in [4.69, 9.17) is 28.2 Å². The Bertz CT molecular complexity index is 1760. The number of ketones is 2. The Balaban J connectivity index is 1.55. The van der Waals surface area contributed by atoms with Gasteiger partial charge < -0.3 is 43.5 Å². The van der Waals surface area contributed by atoms with Gasteiger partial charge in [-0.2, -0.15) is 0 Å². The lowest BCUT2D eigenvalue weighted by molar-refractivity contribution is -0.296. The molecule has 1 amide bonds. The standard InChI is InChI=1S/C39H54N4O11S/c1-11-28-39(8)32(41-37(48)53-39)22(4)29(44)20(2)19-38(7,49-15-12-13-25-18-26(42-54-25)34-40-14-16-55-34)33(23(5)30(45)24(6)35(47)51-28)52-36-31(46)27(43(9)10)17-21(3)50-36/h14,16,18,20-24,27-28,31-33,36,46H,11,15,17,19H2,1-10H3,(H,41,48)/t20-,21-,22+,23+,24-,27+,28-,31-,32-,33-,36+,38+,39-/m1/s1. The molecule has 0 aromatic carbocycles.